The zero-order valence-corrected chi connectivity index (χ0v) is 7.84. The third-order valence-corrected chi connectivity index (χ3v) is 2.67. The van der Waals surface area contributed by atoms with Crippen LogP contribution in [0, 0.1) is 11.3 Å². The number of primary amides is 1. The third-order valence-electron chi connectivity index (χ3n) is 2.67. The molecular weight excluding hydrogens is 152 g/mol. The van der Waals surface area contributed by atoms with Crippen molar-refractivity contribution in [2.24, 2.45) is 22.8 Å². The minimum atomic E-state index is -0.285. The minimum absolute atomic E-state index is 0.0180. The van der Waals surface area contributed by atoms with E-state index in [1.54, 1.807) is 0 Å². The predicted molar refractivity (Wildman–Crippen MR) is 48.3 cm³/mol. The molecule has 1 amide bonds. The van der Waals surface area contributed by atoms with Gasteiger partial charge in [0.25, 0.3) is 0 Å². The van der Waals surface area contributed by atoms with Gasteiger partial charge in [0.05, 0.1) is 0 Å². The highest BCUT2D eigenvalue weighted by molar-refractivity contribution is 5.74. The Morgan fingerprint density at radius 1 is 1.58 bits per heavy atom. The van der Waals surface area contributed by atoms with Gasteiger partial charge in [-0.15, -0.1) is 0 Å². The van der Waals surface area contributed by atoms with Crippen LogP contribution in [0.2, 0.25) is 0 Å². The molecule has 1 fully saturated rings. The van der Waals surface area contributed by atoms with Crippen LogP contribution in [-0.2, 0) is 4.79 Å². The number of hydrogen-bond donors (Lipinski definition) is 2. The van der Waals surface area contributed by atoms with E-state index in [1.807, 2.05) is 0 Å². The maximum Gasteiger partial charge on any atom is 0.218 e. The molecule has 0 radical (unpaired) electrons. The van der Waals surface area contributed by atoms with Crippen molar-refractivity contribution in [2.75, 3.05) is 0 Å². The summed E-state index contributed by atoms with van der Waals surface area (Å²) in [6, 6.07) is -0.0180. The lowest BCUT2D eigenvalue weighted by molar-refractivity contribution is -0.119. The van der Waals surface area contributed by atoms with Crippen LogP contribution in [0.1, 0.15) is 33.1 Å². The van der Waals surface area contributed by atoms with Crippen LogP contribution < -0.4 is 11.5 Å². The summed E-state index contributed by atoms with van der Waals surface area (Å²) < 4.78 is 0. The van der Waals surface area contributed by atoms with E-state index in [9.17, 15) is 4.79 Å². The molecule has 0 heterocycles. The molecule has 3 heteroatoms. The fourth-order valence-electron chi connectivity index (χ4n) is 2.06. The van der Waals surface area contributed by atoms with Gasteiger partial charge < -0.3 is 11.5 Å². The first-order valence-electron chi connectivity index (χ1n) is 4.44. The van der Waals surface area contributed by atoms with E-state index in [-0.39, 0.29) is 11.9 Å². The monoisotopic (exact) mass is 170 g/mol. The van der Waals surface area contributed by atoms with Gasteiger partial charge in [-0.05, 0) is 24.2 Å². The van der Waals surface area contributed by atoms with Gasteiger partial charge in [-0.3, -0.25) is 4.79 Å². The number of amides is 1. The number of carbonyl (C=O) groups excluding carboxylic acids is 1. The zero-order chi connectivity index (χ0) is 9.35. The van der Waals surface area contributed by atoms with Crippen LogP contribution in [-0.4, -0.2) is 11.9 Å². The van der Waals surface area contributed by atoms with Crippen LogP contribution in [0.15, 0.2) is 0 Å². The molecule has 1 aliphatic carbocycles. The maximum absolute atomic E-state index is 10.6. The molecule has 12 heavy (non-hydrogen) atoms. The van der Waals surface area contributed by atoms with E-state index in [1.165, 1.54) is 0 Å². The van der Waals surface area contributed by atoms with E-state index in [4.69, 9.17) is 11.5 Å². The molecule has 1 saturated carbocycles. The van der Waals surface area contributed by atoms with Crippen LogP contribution in [0.25, 0.3) is 0 Å². The van der Waals surface area contributed by atoms with E-state index < -0.39 is 0 Å². The van der Waals surface area contributed by atoms with Gasteiger partial charge in [-0.2, -0.15) is 0 Å². The highest BCUT2D eigenvalue weighted by Gasteiger charge is 2.39. The zero-order valence-electron chi connectivity index (χ0n) is 7.84. The smallest absolute Gasteiger partial charge is 0.218 e. The Kier molecular flexibility index (Phi) is 2.42. The first kappa shape index (κ1) is 9.52. The molecule has 0 bridgehead atoms. The number of nitrogens with two attached hydrogens (primary N) is 2. The Morgan fingerprint density at radius 2 is 2.08 bits per heavy atom. The van der Waals surface area contributed by atoms with Gasteiger partial charge in [0.1, 0.15) is 0 Å². The summed E-state index contributed by atoms with van der Waals surface area (Å²) in [6.07, 6.45) is 2.59. The first-order valence-corrected chi connectivity index (χ1v) is 4.44. The fourth-order valence-corrected chi connectivity index (χ4v) is 2.06. The van der Waals surface area contributed by atoms with Gasteiger partial charge in [-0.25, -0.2) is 0 Å². The Morgan fingerprint density at radius 3 is 2.42 bits per heavy atom. The summed E-state index contributed by atoms with van der Waals surface area (Å²) in [5.41, 5.74) is 11.3. The standard InChI is InChI=1S/C9H18N2O/c1-9(2)4-6(5-9)7(10)3-8(11)12/h6-7H,3-5,10H2,1-2H3,(H2,11,12). The van der Waals surface area contributed by atoms with Crippen molar-refractivity contribution in [3.8, 4) is 0 Å². The quantitative estimate of drug-likeness (QED) is 0.652. The number of carbonyl (C=O) groups is 1. The van der Waals surface area contributed by atoms with Crippen molar-refractivity contribution in [3.05, 3.63) is 0 Å². The fraction of sp³-hybridized carbons (Fsp3) is 0.889. The van der Waals surface area contributed by atoms with E-state index in [2.05, 4.69) is 13.8 Å². The Bertz CT molecular complexity index is 181. The molecule has 1 rings (SSSR count). The van der Waals surface area contributed by atoms with E-state index in [0.717, 1.165) is 12.8 Å². The SMILES string of the molecule is CC1(C)CC(C(N)CC(N)=O)C1. The molecule has 0 spiro atoms. The molecule has 1 unspecified atom stereocenters. The second kappa shape index (κ2) is 3.05. The number of hydrogen-bond acceptors (Lipinski definition) is 2. The lowest BCUT2D eigenvalue weighted by Crippen LogP contribution is -2.45. The van der Waals surface area contributed by atoms with Crippen molar-refractivity contribution in [3.63, 3.8) is 0 Å². The van der Waals surface area contributed by atoms with E-state index in [0.29, 0.717) is 17.8 Å². The summed E-state index contributed by atoms with van der Waals surface area (Å²) in [6.45, 7) is 4.45. The van der Waals surface area contributed by atoms with Gasteiger partial charge in [-0.1, -0.05) is 13.8 Å². The van der Waals surface area contributed by atoms with Crippen LogP contribution in [0.3, 0.4) is 0 Å². The second-order valence-electron chi connectivity index (χ2n) is 4.67. The van der Waals surface area contributed by atoms with Crippen LogP contribution >= 0.6 is 0 Å². The normalized spacial score (nSPS) is 24.6. The maximum atomic E-state index is 10.6. The van der Waals surface area contributed by atoms with Gasteiger partial charge in [0.15, 0.2) is 0 Å². The Balaban J connectivity index is 2.28. The van der Waals surface area contributed by atoms with Gasteiger partial charge in [0.2, 0.25) is 5.91 Å². The van der Waals surface area contributed by atoms with Crippen molar-refractivity contribution in [2.45, 2.75) is 39.2 Å². The molecule has 0 aromatic carbocycles. The lowest BCUT2D eigenvalue weighted by atomic mass is 9.62. The highest BCUT2D eigenvalue weighted by atomic mass is 16.1. The van der Waals surface area contributed by atoms with Crippen molar-refractivity contribution in [1.82, 2.24) is 0 Å². The average molecular weight is 170 g/mol. The molecule has 0 aromatic rings. The highest BCUT2D eigenvalue weighted by Crippen LogP contribution is 2.46. The summed E-state index contributed by atoms with van der Waals surface area (Å²) >= 11 is 0. The molecule has 0 aromatic heterocycles. The van der Waals surface area contributed by atoms with Crippen molar-refractivity contribution >= 4 is 5.91 Å². The molecule has 3 nitrogen and oxygen atoms in total. The Labute approximate surface area is 73.5 Å². The lowest BCUT2D eigenvalue weighted by Gasteiger charge is -2.45. The minimum Gasteiger partial charge on any atom is -0.370 e. The molecule has 1 atom stereocenters. The summed E-state index contributed by atoms with van der Waals surface area (Å²) in [4.78, 5) is 10.6. The summed E-state index contributed by atoms with van der Waals surface area (Å²) in [5.74, 6) is 0.222. The topological polar surface area (TPSA) is 69.1 Å². The van der Waals surface area contributed by atoms with Crippen LogP contribution in [0.5, 0.6) is 0 Å². The van der Waals surface area contributed by atoms with Crippen LogP contribution in [0.4, 0.5) is 0 Å². The molecule has 70 valence electrons. The first-order chi connectivity index (χ1) is 5.41. The number of rotatable bonds is 3. The predicted octanol–water partition coefficient (Wildman–Crippen LogP) is 0.625. The molecule has 0 saturated heterocycles. The summed E-state index contributed by atoms with van der Waals surface area (Å²) in [7, 11) is 0. The van der Waals surface area contributed by atoms with Gasteiger partial charge in [0, 0.05) is 12.5 Å². The largest absolute Gasteiger partial charge is 0.370 e. The van der Waals surface area contributed by atoms with E-state index >= 15 is 0 Å². The van der Waals surface area contributed by atoms with Crippen molar-refractivity contribution in [1.29, 1.82) is 0 Å². The molecule has 0 aliphatic heterocycles. The molecular formula is C9H18N2O. The molecule has 1 aliphatic rings. The summed E-state index contributed by atoms with van der Waals surface area (Å²) in [5, 5.41) is 0. The Hall–Kier alpha value is -0.570. The average Bonchev–Trinajstić information content (AvgIpc) is 1.80. The third kappa shape index (κ3) is 2.21. The van der Waals surface area contributed by atoms with Crippen molar-refractivity contribution < 1.29 is 4.79 Å². The molecule has 4 N–H and O–H groups in total. The van der Waals surface area contributed by atoms with Gasteiger partial charge >= 0.3 is 0 Å². The second-order valence-corrected chi connectivity index (χ2v) is 4.67.